The molecule has 0 bridgehead atoms. The van der Waals surface area contributed by atoms with E-state index < -0.39 is 5.60 Å². The summed E-state index contributed by atoms with van der Waals surface area (Å²) in [7, 11) is 0. The van der Waals surface area contributed by atoms with E-state index in [1.54, 1.807) is 17.0 Å². The van der Waals surface area contributed by atoms with Crippen LogP contribution in [0.3, 0.4) is 0 Å². The molecule has 1 aromatic rings. The summed E-state index contributed by atoms with van der Waals surface area (Å²) in [6.45, 7) is 9.67. The predicted molar refractivity (Wildman–Crippen MR) is 89.6 cm³/mol. The molecule has 0 aliphatic heterocycles. The number of ether oxygens (including phenoxy) is 1. The minimum atomic E-state index is -0.510. The summed E-state index contributed by atoms with van der Waals surface area (Å²) in [4.78, 5) is 13.8. The Balaban J connectivity index is 2.47. The number of nitrogens with zero attached hydrogens (tertiary/aromatic N) is 1. The number of carbonyl (C=O) groups is 1. The molecular formula is C17H28N2O4. The highest BCUT2D eigenvalue weighted by Gasteiger charge is 2.21. The molecule has 0 spiro atoms. The number of hydrogen-bond acceptors (Lipinski definition) is 5. The van der Waals surface area contributed by atoms with Crippen LogP contribution in [0.4, 0.5) is 4.79 Å². The Bertz CT molecular complexity index is 512. The minimum Gasteiger partial charge on any atom is -0.504 e. The van der Waals surface area contributed by atoms with Crippen LogP contribution < -0.4 is 5.32 Å². The van der Waals surface area contributed by atoms with Crippen molar-refractivity contribution in [2.45, 2.75) is 46.3 Å². The van der Waals surface area contributed by atoms with Crippen molar-refractivity contribution in [1.29, 1.82) is 0 Å². The lowest BCUT2D eigenvalue weighted by Crippen LogP contribution is -2.40. The molecule has 0 aromatic heterocycles. The van der Waals surface area contributed by atoms with Gasteiger partial charge in [-0.2, -0.15) is 0 Å². The predicted octanol–water partition coefficient (Wildman–Crippen LogP) is 2.83. The average Bonchev–Trinajstić information content (AvgIpc) is 2.44. The van der Waals surface area contributed by atoms with Gasteiger partial charge in [0.2, 0.25) is 0 Å². The number of amides is 1. The molecule has 6 heteroatoms. The first-order valence-electron chi connectivity index (χ1n) is 7.93. The second kappa shape index (κ2) is 8.62. The molecule has 130 valence electrons. The van der Waals surface area contributed by atoms with Crippen LogP contribution in [0.1, 0.15) is 39.7 Å². The number of phenols is 2. The van der Waals surface area contributed by atoms with Crippen molar-refractivity contribution in [2.75, 3.05) is 19.6 Å². The van der Waals surface area contributed by atoms with Gasteiger partial charge in [-0.25, -0.2) is 4.79 Å². The molecule has 6 nitrogen and oxygen atoms in total. The zero-order valence-corrected chi connectivity index (χ0v) is 14.4. The molecule has 3 N–H and O–H groups in total. The normalized spacial score (nSPS) is 11.3. The van der Waals surface area contributed by atoms with Crippen molar-refractivity contribution >= 4 is 6.09 Å². The molecule has 0 aliphatic carbocycles. The average molecular weight is 324 g/mol. The lowest BCUT2D eigenvalue weighted by atomic mass is 10.2. The first-order valence-corrected chi connectivity index (χ1v) is 7.93. The van der Waals surface area contributed by atoms with E-state index >= 15 is 0 Å². The van der Waals surface area contributed by atoms with Crippen LogP contribution in [0, 0.1) is 0 Å². The molecule has 1 rings (SSSR count). The van der Waals surface area contributed by atoms with Crippen molar-refractivity contribution < 1.29 is 19.7 Å². The van der Waals surface area contributed by atoms with E-state index in [2.05, 4.69) is 5.32 Å². The SMILES string of the molecule is CCCN(CCNCc1cccc(O)c1O)C(=O)OC(C)(C)C. The molecule has 0 heterocycles. The van der Waals surface area contributed by atoms with E-state index in [-0.39, 0.29) is 17.6 Å². The van der Waals surface area contributed by atoms with Crippen LogP contribution in [0.2, 0.25) is 0 Å². The van der Waals surface area contributed by atoms with Gasteiger partial charge in [-0.05, 0) is 33.3 Å². The number of nitrogens with one attached hydrogen (secondary N) is 1. The maximum absolute atomic E-state index is 12.1. The third-order valence-corrected chi connectivity index (χ3v) is 3.12. The molecule has 0 unspecified atom stereocenters. The lowest BCUT2D eigenvalue weighted by Gasteiger charge is -2.27. The second-order valence-electron chi connectivity index (χ2n) is 6.43. The quantitative estimate of drug-likeness (QED) is 0.531. The monoisotopic (exact) mass is 324 g/mol. The Hall–Kier alpha value is -1.95. The Morgan fingerprint density at radius 1 is 1.26 bits per heavy atom. The maximum atomic E-state index is 12.1. The Morgan fingerprint density at radius 2 is 1.96 bits per heavy atom. The van der Waals surface area contributed by atoms with Gasteiger partial charge in [0.15, 0.2) is 11.5 Å². The topological polar surface area (TPSA) is 82.0 Å². The molecule has 0 atom stereocenters. The number of rotatable bonds is 7. The number of phenolic OH excluding ortho intramolecular Hbond substituents is 2. The van der Waals surface area contributed by atoms with Gasteiger partial charge in [0, 0.05) is 31.7 Å². The molecule has 0 radical (unpaired) electrons. The van der Waals surface area contributed by atoms with Crippen LogP contribution in [-0.2, 0) is 11.3 Å². The maximum Gasteiger partial charge on any atom is 0.410 e. The molecular weight excluding hydrogens is 296 g/mol. The van der Waals surface area contributed by atoms with E-state index in [9.17, 15) is 15.0 Å². The van der Waals surface area contributed by atoms with Crippen molar-refractivity contribution in [3.63, 3.8) is 0 Å². The summed E-state index contributed by atoms with van der Waals surface area (Å²) in [5.41, 5.74) is 0.105. The molecule has 1 amide bonds. The smallest absolute Gasteiger partial charge is 0.410 e. The van der Waals surface area contributed by atoms with Crippen molar-refractivity contribution in [3.8, 4) is 11.5 Å². The summed E-state index contributed by atoms with van der Waals surface area (Å²) in [6, 6.07) is 4.85. The largest absolute Gasteiger partial charge is 0.504 e. The van der Waals surface area contributed by atoms with Gasteiger partial charge in [0.1, 0.15) is 5.60 Å². The van der Waals surface area contributed by atoms with E-state index in [0.717, 1.165) is 6.42 Å². The first kappa shape index (κ1) is 19.1. The Labute approximate surface area is 138 Å². The highest BCUT2D eigenvalue weighted by atomic mass is 16.6. The van der Waals surface area contributed by atoms with Crippen molar-refractivity contribution in [3.05, 3.63) is 23.8 Å². The fourth-order valence-corrected chi connectivity index (χ4v) is 2.05. The van der Waals surface area contributed by atoms with Gasteiger partial charge >= 0.3 is 6.09 Å². The molecule has 0 aliphatic rings. The first-order chi connectivity index (χ1) is 10.7. The number of hydrogen-bond donors (Lipinski definition) is 3. The van der Waals surface area contributed by atoms with Crippen LogP contribution in [-0.4, -0.2) is 46.4 Å². The van der Waals surface area contributed by atoms with Gasteiger partial charge in [0.25, 0.3) is 0 Å². The fourth-order valence-electron chi connectivity index (χ4n) is 2.05. The fraction of sp³-hybridized carbons (Fsp3) is 0.588. The van der Waals surface area contributed by atoms with E-state index in [1.807, 2.05) is 27.7 Å². The van der Waals surface area contributed by atoms with Crippen molar-refractivity contribution in [2.24, 2.45) is 0 Å². The highest BCUT2D eigenvalue weighted by Crippen LogP contribution is 2.27. The summed E-state index contributed by atoms with van der Waals surface area (Å²) in [5, 5.41) is 22.3. The third kappa shape index (κ3) is 6.78. The summed E-state index contributed by atoms with van der Waals surface area (Å²) in [6.07, 6.45) is 0.536. The molecule has 0 saturated heterocycles. The zero-order valence-electron chi connectivity index (χ0n) is 14.4. The van der Waals surface area contributed by atoms with Gasteiger partial charge in [0.05, 0.1) is 0 Å². The van der Waals surface area contributed by atoms with Crippen molar-refractivity contribution in [1.82, 2.24) is 10.2 Å². The zero-order chi connectivity index (χ0) is 17.5. The summed E-state index contributed by atoms with van der Waals surface area (Å²) >= 11 is 0. The highest BCUT2D eigenvalue weighted by molar-refractivity contribution is 5.68. The summed E-state index contributed by atoms with van der Waals surface area (Å²) in [5.74, 6) is -0.247. The van der Waals surface area contributed by atoms with Crippen LogP contribution in [0.5, 0.6) is 11.5 Å². The number of para-hydroxylation sites is 1. The van der Waals surface area contributed by atoms with Crippen LogP contribution in [0.15, 0.2) is 18.2 Å². The van der Waals surface area contributed by atoms with E-state index in [0.29, 0.717) is 31.7 Å². The van der Waals surface area contributed by atoms with Gasteiger partial charge in [-0.15, -0.1) is 0 Å². The second-order valence-corrected chi connectivity index (χ2v) is 6.43. The number of benzene rings is 1. The summed E-state index contributed by atoms with van der Waals surface area (Å²) < 4.78 is 5.39. The van der Waals surface area contributed by atoms with Gasteiger partial charge in [-0.1, -0.05) is 19.1 Å². The van der Waals surface area contributed by atoms with Gasteiger partial charge in [-0.3, -0.25) is 0 Å². The molecule has 1 aromatic carbocycles. The number of carbonyl (C=O) groups excluding carboxylic acids is 1. The van der Waals surface area contributed by atoms with Crippen LogP contribution in [0.25, 0.3) is 0 Å². The van der Waals surface area contributed by atoms with E-state index in [4.69, 9.17) is 4.74 Å². The molecule has 0 saturated carbocycles. The Kier molecular flexibility index (Phi) is 7.16. The molecule has 23 heavy (non-hydrogen) atoms. The standard InChI is InChI=1S/C17H28N2O4/c1-5-10-19(16(22)23-17(2,3)4)11-9-18-12-13-7-6-8-14(20)15(13)21/h6-8,18,20-21H,5,9-12H2,1-4H3. The molecule has 0 fully saturated rings. The lowest BCUT2D eigenvalue weighted by molar-refractivity contribution is 0.0252. The van der Waals surface area contributed by atoms with E-state index in [1.165, 1.54) is 6.07 Å². The number of aromatic hydroxyl groups is 2. The third-order valence-electron chi connectivity index (χ3n) is 3.12. The van der Waals surface area contributed by atoms with Crippen LogP contribution >= 0.6 is 0 Å². The minimum absolute atomic E-state index is 0.113. The Morgan fingerprint density at radius 3 is 2.57 bits per heavy atom. The van der Waals surface area contributed by atoms with Gasteiger partial charge < -0.3 is 25.2 Å².